The SMILES string of the molecule is CC(=O)N1CCCC(C(=O)NC(CCCN=CNN)C(=O)c2nc3ccccc3s2)C1. The topological polar surface area (TPSA) is 130 Å². The zero-order valence-corrected chi connectivity index (χ0v) is 18.4. The standard InChI is InChI=1S/C21H28N6O3S/c1-14(28)27-11-5-6-15(12-27)20(30)25-17(8-4-10-23-13-24-22)19(29)21-26-16-7-2-3-9-18(16)31-21/h2-3,7,9,13,15,17H,4-6,8,10-12,22H2,1H3,(H,23,24)(H,25,30). The number of para-hydroxylation sites is 1. The summed E-state index contributed by atoms with van der Waals surface area (Å²) < 4.78 is 0.930. The molecule has 0 bridgehead atoms. The van der Waals surface area contributed by atoms with Crippen LogP contribution in [-0.2, 0) is 9.59 Å². The van der Waals surface area contributed by atoms with Gasteiger partial charge in [0.15, 0.2) is 5.01 Å². The van der Waals surface area contributed by atoms with Crippen molar-refractivity contribution in [1.29, 1.82) is 0 Å². The summed E-state index contributed by atoms with van der Waals surface area (Å²) >= 11 is 1.33. The van der Waals surface area contributed by atoms with E-state index in [0.29, 0.717) is 43.9 Å². The molecule has 1 saturated heterocycles. The van der Waals surface area contributed by atoms with Gasteiger partial charge in [-0.2, -0.15) is 0 Å². The van der Waals surface area contributed by atoms with Gasteiger partial charge in [-0.15, -0.1) is 11.3 Å². The smallest absolute Gasteiger partial charge is 0.225 e. The first kappa shape index (κ1) is 22.8. The number of nitrogens with two attached hydrogens (primary N) is 1. The van der Waals surface area contributed by atoms with E-state index in [2.05, 4.69) is 20.7 Å². The van der Waals surface area contributed by atoms with Crippen LogP contribution < -0.4 is 16.6 Å². The molecule has 0 radical (unpaired) electrons. The van der Waals surface area contributed by atoms with Crippen LogP contribution in [0.1, 0.15) is 42.4 Å². The molecule has 2 aromatic rings. The molecule has 166 valence electrons. The summed E-state index contributed by atoms with van der Waals surface area (Å²) in [6.45, 7) is 3.04. The van der Waals surface area contributed by atoms with Crippen LogP contribution in [0, 0.1) is 5.92 Å². The third-order valence-corrected chi connectivity index (χ3v) is 6.37. The van der Waals surface area contributed by atoms with Crippen molar-refractivity contribution < 1.29 is 14.4 Å². The Morgan fingerprint density at radius 2 is 2.19 bits per heavy atom. The number of hydrogen-bond donors (Lipinski definition) is 3. The fourth-order valence-corrected chi connectivity index (χ4v) is 4.63. The van der Waals surface area contributed by atoms with Crippen LogP contribution in [0.3, 0.4) is 0 Å². The molecule has 2 atom stereocenters. The number of aliphatic imine (C=N–C) groups is 1. The Morgan fingerprint density at radius 3 is 2.94 bits per heavy atom. The summed E-state index contributed by atoms with van der Waals surface area (Å²) in [7, 11) is 0. The van der Waals surface area contributed by atoms with Crippen LogP contribution in [0.4, 0.5) is 0 Å². The summed E-state index contributed by atoms with van der Waals surface area (Å²) in [6, 6.07) is 6.87. The Balaban J connectivity index is 1.71. The molecule has 4 N–H and O–H groups in total. The van der Waals surface area contributed by atoms with E-state index in [4.69, 9.17) is 5.84 Å². The highest BCUT2D eigenvalue weighted by molar-refractivity contribution is 7.20. The van der Waals surface area contributed by atoms with Crippen LogP contribution in [0.2, 0.25) is 0 Å². The highest BCUT2D eigenvalue weighted by Gasteiger charge is 2.31. The lowest BCUT2D eigenvalue weighted by Crippen LogP contribution is -2.49. The van der Waals surface area contributed by atoms with Gasteiger partial charge >= 0.3 is 0 Å². The van der Waals surface area contributed by atoms with E-state index in [1.807, 2.05) is 24.3 Å². The summed E-state index contributed by atoms with van der Waals surface area (Å²) in [6.07, 6.45) is 3.90. The molecule has 1 fully saturated rings. The lowest BCUT2D eigenvalue weighted by Gasteiger charge is -2.32. The number of rotatable bonds is 9. The third-order valence-electron chi connectivity index (χ3n) is 5.32. The predicted octanol–water partition coefficient (Wildman–Crippen LogP) is 1.49. The molecule has 0 aliphatic carbocycles. The summed E-state index contributed by atoms with van der Waals surface area (Å²) in [5, 5.41) is 3.31. The van der Waals surface area contributed by atoms with Crippen molar-refractivity contribution in [2.45, 2.75) is 38.6 Å². The highest BCUT2D eigenvalue weighted by Crippen LogP contribution is 2.24. The molecule has 1 aromatic heterocycles. The van der Waals surface area contributed by atoms with Crippen molar-refractivity contribution in [3.63, 3.8) is 0 Å². The molecule has 10 heteroatoms. The molecule has 0 saturated carbocycles. The normalized spacial score (nSPS) is 17.6. The van der Waals surface area contributed by atoms with Gasteiger partial charge in [0.05, 0.1) is 28.5 Å². The van der Waals surface area contributed by atoms with Gasteiger partial charge in [0.25, 0.3) is 0 Å². The molecule has 1 aliphatic heterocycles. The van der Waals surface area contributed by atoms with Crippen molar-refractivity contribution in [2.24, 2.45) is 16.8 Å². The Bertz CT molecular complexity index is 926. The highest BCUT2D eigenvalue weighted by atomic mass is 32.1. The van der Waals surface area contributed by atoms with Gasteiger partial charge in [-0.25, -0.2) is 10.8 Å². The van der Waals surface area contributed by atoms with Crippen molar-refractivity contribution in [2.75, 3.05) is 19.6 Å². The molecule has 1 aliphatic rings. The number of likely N-dealkylation sites (tertiary alicyclic amines) is 1. The van der Waals surface area contributed by atoms with Crippen LogP contribution in [0.25, 0.3) is 10.2 Å². The maximum absolute atomic E-state index is 13.2. The maximum atomic E-state index is 13.2. The first-order chi connectivity index (χ1) is 15.0. The van der Waals surface area contributed by atoms with Gasteiger partial charge in [0.2, 0.25) is 17.6 Å². The minimum absolute atomic E-state index is 0.0361. The molecule has 1 aromatic carbocycles. The number of nitrogens with zero attached hydrogens (tertiary/aromatic N) is 3. The molecule has 2 heterocycles. The fraction of sp³-hybridized carbons (Fsp3) is 0.476. The van der Waals surface area contributed by atoms with E-state index in [0.717, 1.165) is 16.6 Å². The number of benzene rings is 1. The van der Waals surface area contributed by atoms with Crippen molar-refractivity contribution in [1.82, 2.24) is 20.6 Å². The van der Waals surface area contributed by atoms with Gasteiger partial charge in [-0.3, -0.25) is 19.4 Å². The number of carbonyl (C=O) groups excluding carboxylic acids is 3. The van der Waals surface area contributed by atoms with E-state index in [-0.39, 0.29) is 23.5 Å². The Hall–Kier alpha value is -2.85. The number of aromatic nitrogens is 1. The second-order valence-corrected chi connectivity index (χ2v) is 8.59. The lowest BCUT2D eigenvalue weighted by molar-refractivity contribution is -0.134. The number of nitrogens with one attached hydrogen (secondary N) is 2. The van der Waals surface area contributed by atoms with Gasteiger partial charge < -0.3 is 15.6 Å². The van der Waals surface area contributed by atoms with Crippen molar-refractivity contribution in [3.8, 4) is 0 Å². The molecule has 3 rings (SSSR count). The van der Waals surface area contributed by atoms with Crippen molar-refractivity contribution >= 4 is 45.5 Å². The number of Topliss-reactive ketones (excluding diaryl/α,β-unsaturated/α-hetero) is 1. The Morgan fingerprint density at radius 1 is 1.39 bits per heavy atom. The quantitative estimate of drug-likeness (QED) is 0.134. The molecular weight excluding hydrogens is 416 g/mol. The predicted molar refractivity (Wildman–Crippen MR) is 121 cm³/mol. The first-order valence-corrected chi connectivity index (χ1v) is 11.2. The number of piperidine rings is 1. The average Bonchev–Trinajstić information content (AvgIpc) is 3.22. The molecule has 0 spiro atoms. The number of thiazole rings is 1. The third kappa shape index (κ3) is 6.08. The number of amides is 2. The lowest BCUT2D eigenvalue weighted by atomic mass is 9.96. The second-order valence-electron chi connectivity index (χ2n) is 7.56. The second kappa shape index (κ2) is 11.0. The van der Waals surface area contributed by atoms with E-state index in [1.54, 1.807) is 4.90 Å². The van der Waals surface area contributed by atoms with Crippen molar-refractivity contribution in [3.05, 3.63) is 29.3 Å². The van der Waals surface area contributed by atoms with Crippen LogP contribution in [0.5, 0.6) is 0 Å². The van der Waals surface area contributed by atoms with Crippen LogP contribution in [-0.4, -0.2) is 59.5 Å². The minimum Gasteiger partial charge on any atom is -0.346 e. The monoisotopic (exact) mass is 444 g/mol. The molecule has 2 unspecified atom stereocenters. The number of fused-ring (bicyclic) bond motifs is 1. The summed E-state index contributed by atoms with van der Waals surface area (Å²) in [4.78, 5) is 48.1. The fourth-order valence-electron chi connectivity index (χ4n) is 3.67. The van der Waals surface area contributed by atoms with E-state index >= 15 is 0 Å². The first-order valence-electron chi connectivity index (χ1n) is 10.4. The van der Waals surface area contributed by atoms with Crippen LogP contribution >= 0.6 is 11.3 Å². The van der Waals surface area contributed by atoms with Gasteiger partial charge in [0, 0.05) is 26.6 Å². The van der Waals surface area contributed by atoms with E-state index in [9.17, 15) is 14.4 Å². The number of hydrogen-bond acceptors (Lipinski definition) is 7. The zero-order valence-electron chi connectivity index (χ0n) is 17.5. The molecule has 31 heavy (non-hydrogen) atoms. The molecular formula is C21H28N6O3S. The summed E-state index contributed by atoms with van der Waals surface area (Å²) in [5.74, 6) is 4.42. The number of hydrazine groups is 1. The summed E-state index contributed by atoms with van der Waals surface area (Å²) in [5.41, 5.74) is 3.11. The minimum atomic E-state index is -0.693. The largest absolute Gasteiger partial charge is 0.346 e. The van der Waals surface area contributed by atoms with Gasteiger partial charge in [-0.1, -0.05) is 12.1 Å². The number of carbonyl (C=O) groups is 3. The average molecular weight is 445 g/mol. The Labute approximate surface area is 185 Å². The van der Waals surface area contributed by atoms with Gasteiger partial charge in [-0.05, 0) is 37.8 Å². The van der Waals surface area contributed by atoms with Crippen LogP contribution in [0.15, 0.2) is 29.3 Å². The van der Waals surface area contributed by atoms with E-state index < -0.39 is 6.04 Å². The maximum Gasteiger partial charge on any atom is 0.225 e. The van der Waals surface area contributed by atoms with Gasteiger partial charge in [0.1, 0.15) is 0 Å². The molecule has 2 amide bonds. The Kier molecular flexibility index (Phi) is 8.07. The number of ketones is 1. The zero-order chi connectivity index (χ0) is 22.2. The molecule has 9 nitrogen and oxygen atoms in total. The van der Waals surface area contributed by atoms with E-state index in [1.165, 1.54) is 24.6 Å².